The van der Waals surface area contributed by atoms with E-state index in [2.05, 4.69) is 11.0 Å². The van der Waals surface area contributed by atoms with Gasteiger partial charge in [-0.05, 0) is 36.8 Å². The number of rotatable bonds is 3. The van der Waals surface area contributed by atoms with Crippen LogP contribution >= 0.6 is 11.6 Å². The third-order valence-electron chi connectivity index (χ3n) is 2.11. The summed E-state index contributed by atoms with van der Waals surface area (Å²) in [6.07, 6.45) is 0. The maximum Gasteiger partial charge on any atom is 0.0991 e. The molecule has 3 heteroatoms. The van der Waals surface area contributed by atoms with Crippen molar-refractivity contribution in [2.75, 3.05) is 18.5 Å². The van der Waals surface area contributed by atoms with Gasteiger partial charge in [0.05, 0.1) is 11.6 Å². The summed E-state index contributed by atoms with van der Waals surface area (Å²) in [6.45, 7) is 2.77. The molecule has 0 bridgehead atoms. The van der Waals surface area contributed by atoms with Gasteiger partial charge in [-0.3, -0.25) is 0 Å². The van der Waals surface area contributed by atoms with Gasteiger partial charge < -0.3 is 4.90 Å². The van der Waals surface area contributed by atoms with E-state index in [-0.39, 0.29) is 0 Å². The summed E-state index contributed by atoms with van der Waals surface area (Å²) < 4.78 is 0. The third-order valence-corrected chi connectivity index (χ3v) is 2.48. The second-order valence-electron chi connectivity index (χ2n) is 3.47. The Labute approximate surface area is 95.4 Å². The minimum Gasteiger partial charge on any atom is -0.371 e. The number of anilines is 1. The first-order chi connectivity index (χ1) is 7.17. The van der Waals surface area contributed by atoms with E-state index in [1.807, 2.05) is 38.2 Å². The summed E-state index contributed by atoms with van der Waals surface area (Å²) in [5.41, 5.74) is 4.44. The van der Waals surface area contributed by atoms with Crippen molar-refractivity contribution >= 4 is 17.3 Å². The average Bonchev–Trinajstić information content (AvgIpc) is 2.29. The van der Waals surface area contributed by atoms with E-state index in [0.29, 0.717) is 5.56 Å². The number of hydrogen-bond acceptors (Lipinski definition) is 2. The van der Waals surface area contributed by atoms with Crippen molar-refractivity contribution in [2.45, 2.75) is 6.92 Å². The fraction of sp³-hybridized carbons (Fsp3) is 0.250. The lowest BCUT2D eigenvalue weighted by atomic mass is 10.2. The molecular formula is C12H13ClN2. The van der Waals surface area contributed by atoms with Crippen LogP contribution in [0.1, 0.15) is 12.5 Å². The highest BCUT2D eigenvalue weighted by atomic mass is 35.5. The summed E-state index contributed by atoms with van der Waals surface area (Å²) >= 11 is 5.60. The Morgan fingerprint density at radius 2 is 2.07 bits per heavy atom. The zero-order valence-electron chi connectivity index (χ0n) is 8.87. The van der Waals surface area contributed by atoms with Crippen molar-refractivity contribution in [2.24, 2.45) is 0 Å². The molecule has 15 heavy (non-hydrogen) atoms. The summed E-state index contributed by atoms with van der Waals surface area (Å²) in [5.74, 6) is 0. The van der Waals surface area contributed by atoms with Crippen molar-refractivity contribution in [3.8, 4) is 6.07 Å². The molecule has 0 atom stereocenters. The predicted octanol–water partition coefficient (Wildman–Crippen LogP) is 3.14. The third kappa shape index (κ3) is 3.30. The molecule has 0 unspecified atom stereocenters. The van der Waals surface area contributed by atoms with Gasteiger partial charge >= 0.3 is 0 Å². The van der Waals surface area contributed by atoms with Crippen LogP contribution in [0.25, 0.3) is 0 Å². The first-order valence-electron chi connectivity index (χ1n) is 4.64. The van der Waals surface area contributed by atoms with Gasteiger partial charge in [-0.2, -0.15) is 5.26 Å². The fourth-order valence-electron chi connectivity index (χ4n) is 1.29. The van der Waals surface area contributed by atoms with Crippen LogP contribution in [0.2, 0.25) is 0 Å². The van der Waals surface area contributed by atoms with Crippen molar-refractivity contribution in [1.29, 1.82) is 5.26 Å². The number of hydrogen-bond donors (Lipinski definition) is 0. The van der Waals surface area contributed by atoms with E-state index in [4.69, 9.17) is 16.9 Å². The quantitative estimate of drug-likeness (QED) is 0.783. The first kappa shape index (κ1) is 11.6. The molecular weight excluding hydrogens is 208 g/mol. The topological polar surface area (TPSA) is 27.0 Å². The Morgan fingerprint density at radius 3 is 2.53 bits per heavy atom. The molecule has 0 N–H and O–H groups in total. The zero-order valence-corrected chi connectivity index (χ0v) is 9.62. The molecule has 0 aliphatic heterocycles. The van der Waals surface area contributed by atoms with Crippen molar-refractivity contribution in [3.05, 3.63) is 40.9 Å². The lowest BCUT2D eigenvalue weighted by molar-refractivity contribution is 0.984. The number of nitrogens with zero attached hydrogens (tertiary/aromatic N) is 2. The molecule has 78 valence electrons. The maximum atomic E-state index is 8.66. The van der Waals surface area contributed by atoms with E-state index >= 15 is 0 Å². The highest BCUT2D eigenvalue weighted by molar-refractivity contribution is 6.25. The van der Waals surface area contributed by atoms with Crippen molar-refractivity contribution < 1.29 is 0 Å². The number of halogens is 1. The molecule has 0 spiro atoms. The van der Waals surface area contributed by atoms with Crippen LogP contribution in [0.5, 0.6) is 0 Å². The van der Waals surface area contributed by atoms with E-state index < -0.39 is 0 Å². The minimum atomic E-state index is 0.678. The zero-order chi connectivity index (χ0) is 11.3. The van der Waals surface area contributed by atoms with Crippen molar-refractivity contribution in [3.63, 3.8) is 0 Å². The van der Waals surface area contributed by atoms with E-state index in [0.717, 1.165) is 17.8 Å². The second kappa shape index (κ2) is 5.43. The van der Waals surface area contributed by atoms with Crippen LogP contribution in [-0.4, -0.2) is 13.6 Å². The lowest BCUT2D eigenvalue weighted by Gasteiger charge is -2.19. The van der Waals surface area contributed by atoms with E-state index in [1.54, 1.807) is 5.54 Å². The molecule has 0 amide bonds. The fourth-order valence-corrected chi connectivity index (χ4v) is 1.36. The van der Waals surface area contributed by atoms with Gasteiger partial charge in [-0.15, -0.1) is 0 Å². The Bertz CT molecular complexity index is 387. The normalized spacial score (nSPS) is 10.9. The lowest BCUT2D eigenvalue weighted by Crippen LogP contribution is -2.18. The van der Waals surface area contributed by atoms with Gasteiger partial charge in [0.25, 0.3) is 0 Å². The molecule has 0 aliphatic rings. The predicted molar refractivity (Wildman–Crippen MR) is 64.0 cm³/mol. The highest BCUT2D eigenvalue weighted by Crippen LogP contribution is 2.14. The molecule has 0 aromatic heterocycles. The van der Waals surface area contributed by atoms with Crippen LogP contribution in [-0.2, 0) is 0 Å². The van der Waals surface area contributed by atoms with Gasteiger partial charge in [0.15, 0.2) is 0 Å². The largest absolute Gasteiger partial charge is 0.371 e. The molecule has 0 aliphatic carbocycles. The smallest absolute Gasteiger partial charge is 0.0991 e. The van der Waals surface area contributed by atoms with Crippen LogP contribution in [0.15, 0.2) is 35.4 Å². The molecule has 2 nitrogen and oxygen atoms in total. The van der Waals surface area contributed by atoms with E-state index in [9.17, 15) is 0 Å². The van der Waals surface area contributed by atoms with Gasteiger partial charge in [0, 0.05) is 24.8 Å². The number of benzene rings is 1. The van der Waals surface area contributed by atoms with Crippen LogP contribution in [0.3, 0.4) is 0 Å². The highest BCUT2D eigenvalue weighted by Gasteiger charge is 2.01. The number of nitriles is 1. The summed E-state index contributed by atoms with van der Waals surface area (Å²) in [6, 6.07) is 9.58. The maximum absolute atomic E-state index is 8.66. The Balaban J connectivity index is 2.75. The SMILES string of the molecule is C/C(=C\Cl)CN(C)c1ccc(C#N)cc1. The van der Waals surface area contributed by atoms with Gasteiger partial charge in [0.1, 0.15) is 0 Å². The molecule has 0 saturated carbocycles. The summed E-state index contributed by atoms with van der Waals surface area (Å²) in [5, 5.41) is 8.66. The first-order valence-corrected chi connectivity index (χ1v) is 5.08. The molecule has 1 aromatic rings. The molecule has 1 rings (SSSR count). The monoisotopic (exact) mass is 220 g/mol. The van der Waals surface area contributed by atoms with Gasteiger partial charge in [-0.1, -0.05) is 11.6 Å². The van der Waals surface area contributed by atoms with Crippen LogP contribution in [0.4, 0.5) is 5.69 Å². The second-order valence-corrected chi connectivity index (χ2v) is 3.69. The summed E-state index contributed by atoms with van der Waals surface area (Å²) in [4.78, 5) is 2.08. The molecule has 1 aromatic carbocycles. The molecule has 0 heterocycles. The standard InChI is InChI=1S/C12H13ClN2/c1-10(7-13)9-15(2)12-5-3-11(8-14)4-6-12/h3-7H,9H2,1-2H3/b10-7+. The minimum absolute atomic E-state index is 0.678. The molecule has 0 fully saturated rings. The van der Waals surface area contributed by atoms with Gasteiger partial charge in [-0.25, -0.2) is 0 Å². The Kier molecular flexibility index (Phi) is 4.20. The average molecular weight is 221 g/mol. The van der Waals surface area contributed by atoms with Crippen LogP contribution in [0, 0.1) is 11.3 Å². The Hall–Kier alpha value is -1.46. The van der Waals surface area contributed by atoms with Gasteiger partial charge in [0.2, 0.25) is 0 Å². The Morgan fingerprint density at radius 1 is 1.47 bits per heavy atom. The number of likely N-dealkylation sites (N-methyl/N-ethyl adjacent to an activating group) is 1. The summed E-state index contributed by atoms with van der Waals surface area (Å²) in [7, 11) is 1.99. The van der Waals surface area contributed by atoms with Crippen LogP contribution < -0.4 is 4.90 Å². The molecule has 0 saturated heterocycles. The van der Waals surface area contributed by atoms with E-state index in [1.165, 1.54) is 0 Å². The van der Waals surface area contributed by atoms with Crippen molar-refractivity contribution in [1.82, 2.24) is 0 Å². The molecule has 0 radical (unpaired) electrons.